The molecule has 1 saturated heterocycles. The summed E-state index contributed by atoms with van der Waals surface area (Å²) >= 11 is 0. The molecule has 4 rings (SSSR count). The summed E-state index contributed by atoms with van der Waals surface area (Å²) < 4.78 is 1.46. The number of aromatic amines is 1. The lowest BCUT2D eigenvalue weighted by Gasteiger charge is -2.31. The van der Waals surface area contributed by atoms with Gasteiger partial charge in [0.05, 0.1) is 5.69 Å². The molecule has 140 valence electrons. The Morgan fingerprint density at radius 2 is 2.07 bits per heavy atom. The topological polar surface area (TPSA) is 70.5 Å². The van der Waals surface area contributed by atoms with Gasteiger partial charge < -0.3 is 0 Å². The van der Waals surface area contributed by atoms with Gasteiger partial charge in [-0.2, -0.15) is 0 Å². The number of piperidine rings is 1. The highest BCUT2D eigenvalue weighted by molar-refractivity contribution is 5.83. The number of ketones is 1. The molecule has 6 nitrogen and oxygen atoms in total. The van der Waals surface area contributed by atoms with Crippen molar-refractivity contribution in [3.05, 3.63) is 69.8 Å². The smallest absolute Gasteiger partial charge is 0.272 e. The minimum Gasteiger partial charge on any atom is -0.299 e. The minimum atomic E-state index is -0.100. The van der Waals surface area contributed by atoms with Crippen LogP contribution in [0.1, 0.15) is 29.8 Å². The van der Waals surface area contributed by atoms with Gasteiger partial charge in [0.1, 0.15) is 5.78 Å². The van der Waals surface area contributed by atoms with Gasteiger partial charge in [0, 0.05) is 43.3 Å². The third-order valence-electron chi connectivity index (χ3n) is 5.20. The monoisotopic (exact) mass is 364 g/mol. The molecule has 3 heterocycles. The zero-order valence-corrected chi connectivity index (χ0v) is 15.5. The summed E-state index contributed by atoms with van der Waals surface area (Å²) in [6.45, 7) is 4.17. The van der Waals surface area contributed by atoms with E-state index in [1.807, 2.05) is 43.3 Å². The van der Waals surface area contributed by atoms with E-state index in [1.54, 1.807) is 6.07 Å². The number of aromatic nitrogens is 3. The number of carbonyl (C=O) groups excluding carboxylic acids is 1. The van der Waals surface area contributed by atoms with E-state index < -0.39 is 0 Å². The van der Waals surface area contributed by atoms with Crippen molar-refractivity contribution in [3.63, 3.8) is 0 Å². The van der Waals surface area contributed by atoms with Crippen LogP contribution in [0.4, 0.5) is 0 Å². The van der Waals surface area contributed by atoms with E-state index >= 15 is 0 Å². The second-order valence-corrected chi connectivity index (χ2v) is 7.42. The number of rotatable bonds is 5. The molecule has 0 saturated carbocycles. The van der Waals surface area contributed by atoms with Gasteiger partial charge in [-0.05, 0) is 31.9 Å². The lowest BCUT2D eigenvalue weighted by molar-refractivity contribution is -0.124. The van der Waals surface area contributed by atoms with E-state index in [0.717, 1.165) is 42.9 Å². The van der Waals surface area contributed by atoms with Gasteiger partial charge in [-0.15, -0.1) is 0 Å². The Morgan fingerprint density at radius 1 is 1.26 bits per heavy atom. The standard InChI is InChI=1S/C21H24N4O2/c1-15-10-20-22-18(12-21(27)25(20)23-15)14-24-9-5-8-17(13-24)19(26)11-16-6-3-2-4-7-16/h2-4,6-7,10,12,17,23H,5,8-9,11,13-14H2,1H3. The molecular formula is C21H24N4O2. The number of hydrogen-bond donors (Lipinski definition) is 1. The first-order valence-electron chi connectivity index (χ1n) is 9.46. The SMILES string of the molecule is Cc1cc2nc(CN3CCCC(C(=O)Cc4ccccc4)C3)cc(=O)n2[nH]1. The number of H-pyrrole nitrogens is 1. The van der Waals surface area contributed by atoms with E-state index in [2.05, 4.69) is 15.0 Å². The molecule has 0 aliphatic carbocycles. The minimum absolute atomic E-state index is 0.0540. The number of fused-ring (bicyclic) bond motifs is 1. The van der Waals surface area contributed by atoms with Crippen LogP contribution in [0.25, 0.3) is 5.65 Å². The van der Waals surface area contributed by atoms with E-state index in [4.69, 9.17) is 0 Å². The number of carbonyl (C=O) groups is 1. The number of benzene rings is 1. The Labute approximate surface area is 157 Å². The fourth-order valence-corrected chi connectivity index (χ4v) is 3.87. The van der Waals surface area contributed by atoms with Crippen molar-refractivity contribution in [1.29, 1.82) is 0 Å². The molecule has 1 N–H and O–H groups in total. The molecule has 0 amide bonds. The lowest BCUT2D eigenvalue weighted by Crippen LogP contribution is -2.39. The highest BCUT2D eigenvalue weighted by Crippen LogP contribution is 2.20. The van der Waals surface area contributed by atoms with Gasteiger partial charge in [-0.3, -0.25) is 19.6 Å². The van der Waals surface area contributed by atoms with Gasteiger partial charge in [0.25, 0.3) is 5.56 Å². The van der Waals surface area contributed by atoms with Crippen molar-refractivity contribution in [2.24, 2.45) is 5.92 Å². The summed E-state index contributed by atoms with van der Waals surface area (Å²) in [5.74, 6) is 0.355. The third kappa shape index (κ3) is 4.01. The summed E-state index contributed by atoms with van der Waals surface area (Å²) in [6.07, 6.45) is 2.43. The Morgan fingerprint density at radius 3 is 2.89 bits per heavy atom. The van der Waals surface area contributed by atoms with Crippen molar-refractivity contribution >= 4 is 11.4 Å². The Balaban J connectivity index is 1.44. The number of hydrogen-bond acceptors (Lipinski definition) is 4. The fraction of sp³-hybridized carbons (Fsp3) is 0.381. The lowest BCUT2D eigenvalue weighted by atomic mass is 9.90. The van der Waals surface area contributed by atoms with Crippen LogP contribution in [0, 0.1) is 12.8 Å². The van der Waals surface area contributed by atoms with Gasteiger partial charge in [-0.25, -0.2) is 9.50 Å². The summed E-state index contributed by atoms with van der Waals surface area (Å²) in [7, 11) is 0. The number of likely N-dealkylation sites (tertiary alicyclic amines) is 1. The first-order valence-corrected chi connectivity index (χ1v) is 9.46. The van der Waals surface area contributed by atoms with Crippen LogP contribution in [-0.2, 0) is 17.8 Å². The first kappa shape index (κ1) is 17.7. The number of Topliss-reactive ketones (excluding diaryl/α,β-unsaturated/α-hetero) is 1. The average molecular weight is 364 g/mol. The average Bonchev–Trinajstić information content (AvgIpc) is 3.04. The Kier molecular flexibility index (Phi) is 4.90. The number of aryl methyl sites for hydroxylation is 1. The quantitative estimate of drug-likeness (QED) is 0.754. The number of nitrogens with one attached hydrogen (secondary N) is 1. The van der Waals surface area contributed by atoms with Crippen molar-refractivity contribution < 1.29 is 4.79 Å². The van der Waals surface area contributed by atoms with Gasteiger partial charge in [0.15, 0.2) is 5.65 Å². The number of nitrogens with zero attached hydrogens (tertiary/aromatic N) is 3. The molecule has 1 fully saturated rings. The molecular weight excluding hydrogens is 340 g/mol. The zero-order chi connectivity index (χ0) is 18.8. The first-order chi connectivity index (χ1) is 13.1. The zero-order valence-electron chi connectivity index (χ0n) is 15.5. The molecule has 3 aromatic rings. The van der Waals surface area contributed by atoms with E-state index in [-0.39, 0.29) is 11.5 Å². The second kappa shape index (κ2) is 7.48. The van der Waals surface area contributed by atoms with E-state index in [0.29, 0.717) is 24.4 Å². The molecule has 2 aromatic heterocycles. The Bertz CT molecular complexity index is 1010. The van der Waals surface area contributed by atoms with E-state index in [1.165, 1.54) is 4.52 Å². The molecule has 0 spiro atoms. The molecule has 1 unspecified atom stereocenters. The van der Waals surface area contributed by atoms with E-state index in [9.17, 15) is 9.59 Å². The van der Waals surface area contributed by atoms with Gasteiger partial charge in [-0.1, -0.05) is 30.3 Å². The summed E-state index contributed by atoms with van der Waals surface area (Å²) in [5, 5.41) is 2.99. The van der Waals surface area contributed by atoms with Crippen LogP contribution >= 0.6 is 0 Å². The van der Waals surface area contributed by atoms with Crippen LogP contribution in [0.3, 0.4) is 0 Å². The molecule has 0 bridgehead atoms. The maximum Gasteiger partial charge on any atom is 0.272 e. The van der Waals surface area contributed by atoms with Crippen LogP contribution in [0.2, 0.25) is 0 Å². The predicted molar refractivity (Wildman–Crippen MR) is 104 cm³/mol. The van der Waals surface area contributed by atoms with Crippen molar-refractivity contribution in [3.8, 4) is 0 Å². The molecule has 27 heavy (non-hydrogen) atoms. The maximum absolute atomic E-state index is 12.7. The predicted octanol–water partition coefficient (Wildman–Crippen LogP) is 2.35. The fourth-order valence-electron chi connectivity index (χ4n) is 3.87. The second-order valence-electron chi connectivity index (χ2n) is 7.42. The molecule has 6 heteroatoms. The summed E-state index contributed by atoms with van der Waals surface area (Å²) in [4.78, 5) is 31.8. The normalized spacial score (nSPS) is 18.0. The molecule has 1 aromatic carbocycles. The molecule has 1 aliphatic rings. The third-order valence-corrected chi connectivity index (χ3v) is 5.20. The summed E-state index contributed by atoms with van der Waals surface area (Å²) in [5.41, 5.74) is 3.28. The van der Waals surface area contributed by atoms with Crippen LogP contribution in [0.5, 0.6) is 0 Å². The largest absolute Gasteiger partial charge is 0.299 e. The highest BCUT2D eigenvalue weighted by Gasteiger charge is 2.26. The van der Waals surface area contributed by atoms with Gasteiger partial charge in [0.2, 0.25) is 0 Å². The van der Waals surface area contributed by atoms with Crippen LogP contribution < -0.4 is 5.56 Å². The molecule has 1 atom stereocenters. The summed E-state index contributed by atoms with van der Waals surface area (Å²) in [6, 6.07) is 13.4. The molecule has 1 aliphatic heterocycles. The van der Waals surface area contributed by atoms with Crippen molar-refractivity contribution in [2.75, 3.05) is 13.1 Å². The molecule has 0 radical (unpaired) electrons. The highest BCUT2D eigenvalue weighted by atomic mass is 16.1. The maximum atomic E-state index is 12.7. The van der Waals surface area contributed by atoms with Crippen molar-refractivity contribution in [2.45, 2.75) is 32.7 Å². The van der Waals surface area contributed by atoms with Crippen LogP contribution in [-0.4, -0.2) is 38.4 Å². The van der Waals surface area contributed by atoms with Gasteiger partial charge >= 0.3 is 0 Å². The van der Waals surface area contributed by atoms with Crippen molar-refractivity contribution in [1.82, 2.24) is 19.5 Å². The Hall–Kier alpha value is -2.73. The van der Waals surface area contributed by atoms with Crippen LogP contribution in [0.15, 0.2) is 47.3 Å².